The molecule has 1 heterocycles. The first-order chi connectivity index (χ1) is 13.6. The Bertz CT molecular complexity index is 801. The number of nitrogen functional groups attached to an aromatic ring is 1. The summed E-state index contributed by atoms with van der Waals surface area (Å²) in [5.74, 6) is 0.563. The number of anilines is 1. The van der Waals surface area contributed by atoms with Gasteiger partial charge in [0.15, 0.2) is 5.78 Å². The van der Waals surface area contributed by atoms with Crippen LogP contribution in [0.25, 0.3) is 0 Å². The van der Waals surface area contributed by atoms with Gasteiger partial charge in [-0.25, -0.2) is 4.98 Å². The summed E-state index contributed by atoms with van der Waals surface area (Å²) in [6.07, 6.45) is 8.45. The molecule has 1 aliphatic carbocycles. The number of amides is 1. The number of nitrogens with two attached hydrogens (primary N) is 1. The van der Waals surface area contributed by atoms with Crippen LogP contribution < -0.4 is 15.8 Å². The van der Waals surface area contributed by atoms with Crippen LogP contribution >= 0.6 is 11.3 Å². The SMILES string of the molecule is COc1cccc(C(=O)NC(CC2CCCCC2)C(=O)Cc2nccs2)c1N. The highest BCUT2D eigenvalue weighted by Crippen LogP contribution is 2.29. The van der Waals surface area contributed by atoms with Crippen LogP contribution in [0, 0.1) is 5.92 Å². The zero-order valence-electron chi connectivity index (χ0n) is 16.1. The van der Waals surface area contributed by atoms with Gasteiger partial charge in [0.25, 0.3) is 5.91 Å². The van der Waals surface area contributed by atoms with E-state index in [-0.39, 0.29) is 23.8 Å². The first-order valence-electron chi connectivity index (χ1n) is 9.73. The third-order valence-electron chi connectivity index (χ3n) is 5.33. The predicted octanol–water partition coefficient (Wildman–Crippen LogP) is 3.61. The molecule has 1 unspecified atom stereocenters. The summed E-state index contributed by atoms with van der Waals surface area (Å²) in [5, 5.41) is 5.57. The van der Waals surface area contributed by atoms with Gasteiger partial charge in [-0.1, -0.05) is 38.2 Å². The number of thiazole rings is 1. The van der Waals surface area contributed by atoms with E-state index in [0.717, 1.165) is 17.8 Å². The van der Waals surface area contributed by atoms with Gasteiger partial charge in [0, 0.05) is 11.6 Å². The van der Waals surface area contributed by atoms with Crippen LogP contribution in [0.2, 0.25) is 0 Å². The minimum absolute atomic E-state index is 0.00431. The molecular weight excluding hydrogens is 374 g/mol. The van der Waals surface area contributed by atoms with Crippen LogP contribution in [0.3, 0.4) is 0 Å². The Hall–Kier alpha value is -2.41. The van der Waals surface area contributed by atoms with Gasteiger partial charge in [-0.15, -0.1) is 11.3 Å². The molecular formula is C21H27N3O3S. The van der Waals surface area contributed by atoms with Gasteiger partial charge in [-0.2, -0.15) is 0 Å². The molecule has 0 aliphatic heterocycles. The molecule has 0 radical (unpaired) electrons. The van der Waals surface area contributed by atoms with Gasteiger partial charge in [0.05, 0.1) is 35.8 Å². The minimum Gasteiger partial charge on any atom is -0.495 e. The number of aromatic nitrogens is 1. The molecule has 1 fully saturated rings. The molecule has 1 aromatic carbocycles. The first kappa shape index (κ1) is 20.3. The molecule has 0 spiro atoms. The number of ketones is 1. The summed E-state index contributed by atoms with van der Waals surface area (Å²) in [6, 6.07) is 4.54. The number of benzene rings is 1. The van der Waals surface area contributed by atoms with Crippen molar-refractivity contribution in [3.63, 3.8) is 0 Å². The van der Waals surface area contributed by atoms with Crippen LogP contribution in [0.5, 0.6) is 5.75 Å². The number of carbonyl (C=O) groups excluding carboxylic acids is 2. The molecule has 0 saturated heterocycles. The number of hydrogen-bond donors (Lipinski definition) is 2. The fourth-order valence-corrected chi connectivity index (χ4v) is 4.42. The molecule has 3 N–H and O–H groups in total. The standard InChI is InChI=1S/C21H27N3O3S/c1-27-18-9-5-8-15(20(18)22)21(26)24-16(12-14-6-3-2-4-7-14)17(25)13-19-23-10-11-28-19/h5,8-11,14,16H,2-4,6-7,12-13,22H2,1H3,(H,24,26). The minimum atomic E-state index is -0.537. The highest BCUT2D eigenvalue weighted by molar-refractivity contribution is 7.09. The maximum absolute atomic E-state index is 13.0. The lowest BCUT2D eigenvalue weighted by atomic mass is 9.83. The molecule has 6 nitrogen and oxygen atoms in total. The maximum Gasteiger partial charge on any atom is 0.254 e. The lowest BCUT2D eigenvalue weighted by Crippen LogP contribution is -2.43. The Morgan fingerprint density at radius 3 is 2.79 bits per heavy atom. The quantitative estimate of drug-likeness (QED) is 0.659. The van der Waals surface area contributed by atoms with E-state index in [1.165, 1.54) is 37.7 Å². The van der Waals surface area contributed by atoms with Crippen molar-refractivity contribution < 1.29 is 14.3 Å². The van der Waals surface area contributed by atoms with E-state index in [1.807, 2.05) is 5.38 Å². The van der Waals surface area contributed by atoms with E-state index in [1.54, 1.807) is 24.4 Å². The van der Waals surface area contributed by atoms with Gasteiger partial charge in [0.1, 0.15) is 5.75 Å². The summed E-state index contributed by atoms with van der Waals surface area (Å²) >= 11 is 1.46. The number of hydrogen-bond acceptors (Lipinski definition) is 6. The van der Waals surface area contributed by atoms with Crippen LogP contribution in [0.4, 0.5) is 5.69 Å². The predicted molar refractivity (Wildman–Crippen MR) is 111 cm³/mol. The number of Topliss-reactive ketones (excluding diaryl/α,β-unsaturated/α-hetero) is 1. The number of nitrogens with one attached hydrogen (secondary N) is 1. The van der Waals surface area contributed by atoms with Crippen LogP contribution in [-0.4, -0.2) is 29.8 Å². The first-order valence-corrected chi connectivity index (χ1v) is 10.6. The van der Waals surface area contributed by atoms with E-state index in [2.05, 4.69) is 10.3 Å². The Morgan fingerprint density at radius 2 is 2.11 bits per heavy atom. The smallest absolute Gasteiger partial charge is 0.254 e. The molecule has 7 heteroatoms. The lowest BCUT2D eigenvalue weighted by Gasteiger charge is -2.26. The molecule has 0 bridgehead atoms. The number of ether oxygens (including phenoxy) is 1. The second-order valence-electron chi connectivity index (χ2n) is 7.26. The van der Waals surface area contributed by atoms with E-state index in [0.29, 0.717) is 23.7 Å². The van der Waals surface area contributed by atoms with E-state index in [4.69, 9.17) is 10.5 Å². The topological polar surface area (TPSA) is 94.3 Å². The normalized spacial score (nSPS) is 15.8. The molecule has 2 aromatic rings. The summed E-state index contributed by atoms with van der Waals surface area (Å²) in [7, 11) is 1.51. The molecule has 1 saturated carbocycles. The summed E-state index contributed by atoms with van der Waals surface area (Å²) in [5.41, 5.74) is 6.67. The van der Waals surface area contributed by atoms with Gasteiger partial charge >= 0.3 is 0 Å². The van der Waals surface area contributed by atoms with Crippen LogP contribution in [0.1, 0.15) is 53.9 Å². The fraction of sp³-hybridized carbons (Fsp3) is 0.476. The average Bonchev–Trinajstić information content (AvgIpc) is 3.21. The highest BCUT2D eigenvalue weighted by atomic mass is 32.1. The van der Waals surface area contributed by atoms with E-state index in [9.17, 15) is 9.59 Å². The maximum atomic E-state index is 13.0. The number of para-hydroxylation sites is 1. The monoisotopic (exact) mass is 401 g/mol. The molecule has 1 atom stereocenters. The molecule has 1 aromatic heterocycles. The molecule has 3 rings (SSSR count). The second kappa shape index (κ2) is 9.68. The Kier molecular flexibility index (Phi) is 7.03. The Labute approximate surface area is 169 Å². The zero-order valence-corrected chi connectivity index (χ0v) is 17.0. The largest absolute Gasteiger partial charge is 0.495 e. The number of nitrogens with zero attached hydrogens (tertiary/aromatic N) is 1. The molecule has 28 heavy (non-hydrogen) atoms. The summed E-state index contributed by atoms with van der Waals surface area (Å²) in [6.45, 7) is 0. The van der Waals surface area contributed by atoms with Crippen molar-refractivity contribution in [1.82, 2.24) is 10.3 Å². The van der Waals surface area contributed by atoms with E-state index >= 15 is 0 Å². The van der Waals surface area contributed by atoms with Crippen molar-refractivity contribution in [3.8, 4) is 5.75 Å². The lowest BCUT2D eigenvalue weighted by molar-refractivity contribution is -0.120. The molecule has 1 amide bonds. The Balaban J connectivity index is 1.75. The van der Waals surface area contributed by atoms with E-state index < -0.39 is 6.04 Å². The van der Waals surface area contributed by atoms with Crippen molar-refractivity contribution in [2.75, 3.05) is 12.8 Å². The van der Waals surface area contributed by atoms with Crippen molar-refractivity contribution in [1.29, 1.82) is 0 Å². The molecule has 1 aliphatic rings. The Morgan fingerprint density at radius 1 is 1.32 bits per heavy atom. The zero-order chi connectivity index (χ0) is 19.9. The summed E-state index contributed by atoms with van der Waals surface area (Å²) in [4.78, 5) is 30.0. The fourth-order valence-electron chi connectivity index (χ4n) is 3.80. The van der Waals surface area contributed by atoms with Crippen molar-refractivity contribution in [2.45, 2.75) is 51.0 Å². The van der Waals surface area contributed by atoms with Crippen LogP contribution in [-0.2, 0) is 11.2 Å². The third kappa shape index (κ3) is 5.10. The highest BCUT2D eigenvalue weighted by Gasteiger charge is 2.27. The number of rotatable bonds is 8. The van der Waals surface area contributed by atoms with Gasteiger partial charge in [-0.3, -0.25) is 9.59 Å². The van der Waals surface area contributed by atoms with Gasteiger partial charge < -0.3 is 15.8 Å². The molecule has 150 valence electrons. The van der Waals surface area contributed by atoms with Gasteiger partial charge in [-0.05, 0) is 24.5 Å². The average molecular weight is 402 g/mol. The number of methoxy groups -OCH3 is 1. The second-order valence-corrected chi connectivity index (χ2v) is 8.24. The third-order valence-corrected chi connectivity index (χ3v) is 6.11. The van der Waals surface area contributed by atoms with Crippen molar-refractivity contribution in [2.24, 2.45) is 5.92 Å². The van der Waals surface area contributed by atoms with Crippen LogP contribution in [0.15, 0.2) is 29.8 Å². The number of carbonyl (C=O) groups is 2. The summed E-state index contributed by atoms with van der Waals surface area (Å²) < 4.78 is 5.20. The van der Waals surface area contributed by atoms with Crippen molar-refractivity contribution >= 4 is 28.7 Å². The van der Waals surface area contributed by atoms with Gasteiger partial charge in [0.2, 0.25) is 0 Å². The van der Waals surface area contributed by atoms with Crippen molar-refractivity contribution in [3.05, 3.63) is 40.3 Å².